The van der Waals surface area contributed by atoms with Crippen LogP contribution in [0.3, 0.4) is 0 Å². The van der Waals surface area contributed by atoms with Crippen LogP contribution in [0.2, 0.25) is 0 Å². The number of nitrogens with zero attached hydrogens (tertiary/aromatic N) is 1. The molecule has 0 bridgehead atoms. The molecule has 1 aliphatic rings. The van der Waals surface area contributed by atoms with Crippen LogP contribution >= 0.6 is 0 Å². The van der Waals surface area contributed by atoms with E-state index in [1.807, 2.05) is 32.2 Å². The summed E-state index contributed by atoms with van der Waals surface area (Å²) in [7, 11) is 2.05. The molecule has 0 atom stereocenters. The predicted molar refractivity (Wildman–Crippen MR) is 109 cm³/mol. The van der Waals surface area contributed by atoms with Crippen molar-refractivity contribution in [3.05, 3.63) is 52.8 Å². The largest absolute Gasteiger partial charge is 0.375 e. The second-order valence-corrected chi connectivity index (χ2v) is 8.29. The maximum Gasteiger partial charge on any atom is 0.268 e. The SMILES string of the molecule is Cc1c(C(=O)NCCCN(C)c2ccccc2)[nH]c2c1C(=O)CC(C)(C)C2. The van der Waals surface area contributed by atoms with Gasteiger partial charge in [0.15, 0.2) is 5.78 Å². The Kier molecular flexibility index (Phi) is 5.40. The van der Waals surface area contributed by atoms with Crippen LogP contribution in [0, 0.1) is 12.3 Å². The lowest BCUT2D eigenvalue weighted by molar-refractivity contribution is 0.0909. The quantitative estimate of drug-likeness (QED) is 0.765. The number of carbonyl (C=O) groups excluding carboxylic acids is 2. The fraction of sp³-hybridized carbons (Fsp3) is 0.455. The van der Waals surface area contributed by atoms with Gasteiger partial charge in [-0.15, -0.1) is 0 Å². The van der Waals surface area contributed by atoms with Crippen molar-refractivity contribution in [2.45, 2.75) is 40.0 Å². The molecule has 1 aromatic heterocycles. The van der Waals surface area contributed by atoms with Crippen LogP contribution in [0.5, 0.6) is 0 Å². The van der Waals surface area contributed by atoms with Gasteiger partial charge in [-0.1, -0.05) is 32.0 Å². The van der Waals surface area contributed by atoms with E-state index in [0.29, 0.717) is 18.7 Å². The maximum atomic E-state index is 12.6. The maximum absolute atomic E-state index is 12.6. The first-order valence-corrected chi connectivity index (χ1v) is 9.57. The van der Waals surface area contributed by atoms with Gasteiger partial charge in [0.05, 0.1) is 0 Å². The zero-order valence-electron chi connectivity index (χ0n) is 16.7. The Balaban J connectivity index is 1.57. The molecule has 0 aliphatic heterocycles. The van der Waals surface area contributed by atoms with Crippen molar-refractivity contribution in [1.82, 2.24) is 10.3 Å². The summed E-state index contributed by atoms with van der Waals surface area (Å²) in [6, 6.07) is 10.2. The number of fused-ring (bicyclic) bond motifs is 1. The average molecular weight is 367 g/mol. The molecule has 0 spiro atoms. The number of amides is 1. The van der Waals surface area contributed by atoms with Gasteiger partial charge in [-0.25, -0.2) is 0 Å². The van der Waals surface area contributed by atoms with Gasteiger partial charge in [-0.3, -0.25) is 9.59 Å². The Bertz CT molecular complexity index is 837. The van der Waals surface area contributed by atoms with Crippen molar-refractivity contribution < 1.29 is 9.59 Å². The molecule has 2 aromatic rings. The first kappa shape index (κ1) is 19.2. The smallest absolute Gasteiger partial charge is 0.268 e. The van der Waals surface area contributed by atoms with E-state index in [0.717, 1.165) is 41.9 Å². The molecule has 3 rings (SSSR count). The molecule has 0 fully saturated rings. The van der Waals surface area contributed by atoms with Gasteiger partial charge in [-0.05, 0) is 42.9 Å². The van der Waals surface area contributed by atoms with E-state index in [9.17, 15) is 9.59 Å². The molecular weight excluding hydrogens is 338 g/mol. The number of aromatic amines is 1. The number of para-hydroxylation sites is 1. The van der Waals surface area contributed by atoms with E-state index in [4.69, 9.17) is 0 Å². The Morgan fingerprint density at radius 2 is 1.93 bits per heavy atom. The minimum absolute atomic E-state index is 0.0584. The summed E-state index contributed by atoms with van der Waals surface area (Å²) >= 11 is 0. The molecular formula is C22H29N3O2. The lowest BCUT2D eigenvalue weighted by Gasteiger charge is -2.28. The number of hydrogen-bond acceptors (Lipinski definition) is 3. The van der Waals surface area contributed by atoms with Crippen molar-refractivity contribution in [3.63, 3.8) is 0 Å². The highest BCUT2D eigenvalue weighted by atomic mass is 16.2. The van der Waals surface area contributed by atoms with Crippen LogP contribution in [0.4, 0.5) is 5.69 Å². The zero-order chi connectivity index (χ0) is 19.6. The molecule has 1 aromatic carbocycles. The first-order valence-electron chi connectivity index (χ1n) is 9.57. The fourth-order valence-electron chi connectivity index (χ4n) is 3.88. The average Bonchev–Trinajstić information content (AvgIpc) is 2.94. The number of aromatic nitrogens is 1. The summed E-state index contributed by atoms with van der Waals surface area (Å²) in [5, 5.41) is 2.98. The number of carbonyl (C=O) groups is 2. The van der Waals surface area contributed by atoms with E-state index in [1.165, 1.54) is 0 Å². The van der Waals surface area contributed by atoms with Gasteiger partial charge in [0.25, 0.3) is 5.91 Å². The molecule has 27 heavy (non-hydrogen) atoms. The number of hydrogen-bond donors (Lipinski definition) is 2. The van der Waals surface area contributed by atoms with Crippen molar-refractivity contribution in [1.29, 1.82) is 0 Å². The lowest BCUT2D eigenvalue weighted by Crippen LogP contribution is -2.28. The van der Waals surface area contributed by atoms with Crippen LogP contribution in [0.25, 0.3) is 0 Å². The van der Waals surface area contributed by atoms with Gasteiger partial charge in [0.2, 0.25) is 0 Å². The molecule has 0 saturated carbocycles. The normalized spacial score (nSPS) is 15.3. The number of H-pyrrole nitrogens is 1. The van der Waals surface area contributed by atoms with Crippen molar-refractivity contribution in [3.8, 4) is 0 Å². The predicted octanol–water partition coefficient (Wildman–Crippen LogP) is 3.73. The molecule has 1 aliphatic carbocycles. The monoisotopic (exact) mass is 367 g/mol. The number of ketones is 1. The van der Waals surface area contributed by atoms with Crippen LogP contribution in [0.15, 0.2) is 30.3 Å². The third kappa shape index (κ3) is 4.24. The molecule has 144 valence electrons. The van der Waals surface area contributed by atoms with Gasteiger partial charge in [0, 0.05) is 43.5 Å². The number of Topliss-reactive ketones (excluding diaryl/α,β-unsaturated/α-hetero) is 1. The third-order valence-electron chi connectivity index (χ3n) is 5.28. The van der Waals surface area contributed by atoms with E-state index < -0.39 is 0 Å². The van der Waals surface area contributed by atoms with E-state index in [1.54, 1.807) is 0 Å². The highest BCUT2D eigenvalue weighted by molar-refractivity contribution is 6.04. The summed E-state index contributed by atoms with van der Waals surface area (Å²) in [5.74, 6) is 0.00778. The molecule has 0 radical (unpaired) electrons. The van der Waals surface area contributed by atoms with Crippen LogP contribution < -0.4 is 10.2 Å². The van der Waals surface area contributed by atoms with Crippen molar-refractivity contribution >= 4 is 17.4 Å². The first-order chi connectivity index (χ1) is 12.8. The zero-order valence-corrected chi connectivity index (χ0v) is 16.7. The number of benzene rings is 1. The number of rotatable bonds is 6. The topological polar surface area (TPSA) is 65.2 Å². The number of anilines is 1. The Morgan fingerprint density at radius 1 is 1.22 bits per heavy atom. The molecule has 2 N–H and O–H groups in total. The van der Waals surface area contributed by atoms with E-state index in [-0.39, 0.29) is 17.1 Å². The summed E-state index contributed by atoms with van der Waals surface area (Å²) in [6.07, 6.45) is 2.18. The Labute approximate surface area is 161 Å². The summed E-state index contributed by atoms with van der Waals surface area (Å²) in [6.45, 7) is 7.50. The highest BCUT2D eigenvalue weighted by Gasteiger charge is 2.35. The third-order valence-corrected chi connectivity index (χ3v) is 5.28. The summed E-state index contributed by atoms with van der Waals surface area (Å²) in [4.78, 5) is 30.5. The summed E-state index contributed by atoms with van der Waals surface area (Å²) in [5.41, 5.74) is 4.05. The van der Waals surface area contributed by atoms with Crippen molar-refractivity contribution in [2.24, 2.45) is 5.41 Å². The molecule has 0 saturated heterocycles. The second kappa shape index (κ2) is 7.59. The summed E-state index contributed by atoms with van der Waals surface area (Å²) < 4.78 is 0. The standard InChI is InChI=1S/C22H29N3O2/c1-15-19-17(13-22(2,3)14-18(19)26)24-20(15)21(27)23-11-8-12-25(4)16-9-6-5-7-10-16/h5-7,9-10,24H,8,11-14H2,1-4H3,(H,23,27). The molecule has 1 amide bonds. The van der Waals surface area contributed by atoms with Gasteiger partial charge in [-0.2, -0.15) is 0 Å². The van der Waals surface area contributed by atoms with Gasteiger partial charge >= 0.3 is 0 Å². The Hall–Kier alpha value is -2.56. The minimum Gasteiger partial charge on any atom is -0.375 e. The van der Waals surface area contributed by atoms with Crippen LogP contribution in [0.1, 0.15) is 58.8 Å². The van der Waals surface area contributed by atoms with Gasteiger partial charge < -0.3 is 15.2 Å². The molecule has 0 unspecified atom stereocenters. The van der Waals surface area contributed by atoms with Gasteiger partial charge in [0.1, 0.15) is 5.69 Å². The molecule has 5 nitrogen and oxygen atoms in total. The van der Waals surface area contributed by atoms with E-state index in [2.05, 4.69) is 41.2 Å². The highest BCUT2D eigenvalue weighted by Crippen LogP contribution is 2.36. The second-order valence-electron chi connectivity index (χ2n) is 8.29. The van der Waals surface area contributed by atoms with Crippen LogP contribution in [-0.2, 0) is 6.42 Å². The molecule has 1 heterocycles. The number of nitrogens with one attached hydrogen (secondary N) is 2. The minimum atomic E-state index is -0.130. The lowest BCUT2D eigenvalue weighted by atomic mass is 9.75. The van der Waals surface area contributed by atoms with Crippen molar-refractivity contribution in [2.75, 3.05) is 25.0 Å². The Morgan fingerprint density at radius 3 is 2.63 bits per heavy atom. The molecule has 5 heteroatoms. The van der Waals surface area contributed by atoms with Crippen LogP contribution in [-0.4, -0.2) is 36.8 Å². The fourth-order valence-corrected chi connectivity index (χ4v) is 3.88. The van der Waals surface area contributed by atoms with E-state index >= 15 is 0 Å².